The van der Waals surface area contributed by atoms with Crippen LogP contribution in [0, 0.1) is 18.8 Å². The summed E-state index contributed by atoms with van der Waals surface area (Å²) in [7, 11) is 0. The number of carbonyl (C=O) groups is 1. The highest BCUT2D eigenvalue weighted by atomic mass is 79.9. The van der Waals surface area contributed by atoms with Crippen LogP contribution in [0.1, 0.15) is 35.2 Å². The van der Waals surface area contributed by atoms with Gasteiger partial charge >= 0.3 is 0 Å². The molecule has 0 aliphatic carbocycles. The van der Waals surface area contributed by atoms with Crippen LogP contribution in [0.2, 0.25) is 5.02 Å². The van der Waals surface area contributed by atoms with Gasteiger partial charge in [-0.25, -0.2) is 9.37 Å². The number of fused-ring (bicyclic) bond motifs is 1. The lowest BCUT2D eigenvalue weighted by atomic mass is 10.0. The third kappa shape index (κ3) is 4.09. The summed E-state index contributed by atoms with van der Waals surface area (Å²) >= 11 is 9.20. The Morgan fingerprint density at radius 3 is 2.72 bits per heavy atom. The van der Waals surface area contributed by atoms with Gasteiger partial charge in [-0.3, -0.25) is 4.79 Å². The van der Waals surface area contributed by atoms with Crippen LogP contribution < -0.4 is 10.2 Å². The molecule has 3 aromatic rings. The van der Waals surface area contributed by atoms with Crippen LogP contribution in [0.25, 0.3) is 10.9 Å². The number of pyridine rings is 1. The SMILES string of the molecule is Cc1c(N2CCCCC2)nc2ccc(Br)cc2c1C(=O)Nc1[c]c(F)c(Cl)cc1. The van der Waals surface area contributed by atoms with Crippen LogP contribution in [0.3, 0.4) is 0 Å². The normalized spacial score (nSPS) is 14.3. The Kier molecular flexibility index (Phi) is 5.74. The van der Waals surface area contributed by atoms with Crippen LogP contribution in [0.4, 0.5) is 15.9 Å². The number of halogens is 3. The van der Waals surface area contributed by atoms with Gasteiger partial charge in [0.2, 0.25) is 0 Å². The van der Waals surface area contributed by atoms with Gasteiger partial charge in [-0.05, 0) is 56.5 Å². The molecule has 0 unspecified atom stereocenters. The standard InChI is InChI=1S/C22H19BrClFN3O/c1-13-20(22(29)26-15-6-7-17(24)18(25)12-15)16-11-14(23)5-8-19(16)27-21(13)28-9-3-2-4-10-28/h5-8,11H,2-4,9-10H2,1H3,(H,26,29). The maximum Gasteiger partial charge on any atom is 0.256 e. The van der Waals surface area contributed by atoms with Crippen molar-refractivity contribution in [2.45, 2.75) is 26.2 Å². The predicted molar refractivity (Wildman–Crippen MR) is 118 cm³/mol. The number of aromatic nitrogens is 1. The highest BCUT2D eigenvalue weighted by Gasteiger charge is 2.23. The zero-order chi connectivity index (χ0) is 20.5. The Hall–Kier alpha value is -2.18. The number of hydrogen-bond donors (Lipinski definition) is 1. The first-order valence-corrected chi connectivity index (χ1v) is 10.6. The molecule has 1 fully saturated rings. The quantitative estimate of drug-likeness (QED) is 0.495. The van der Waals surface area contributed by atoms with E-state index < -0.39 is 5.82 Å². The first kappa shape index (κ1) is 20.1. The average Bonchev–Trinajstić information content (AvgIpc) is 2.71. The number of benzene rings is 2. The van der Waals surface area contributed by atoms with E-state index in [2.05, 4.69) is 32.2 Å². The van der Waals surface area contributed by atoms with Crippen LogP contribution >= 0.6 is 27.5 Å². The lowest BCUT2D eigenvalue weighted by Crippen LogP contribution is -2.31. The molecule has 149 valence electrons. The van der Waals surface area contributed by atoms with E-state index >= 15 is 0 Å². The summed E-state index contributed by atoms with van der Waals surface area (Å²) < 4.78 is 14.6. The van der Waals surface area contributed by atoms with Crippen molar-refractivity contribution in [1.29, 1.82) is 0 Å². The van der Waals surface area contributed by atoms with E-state index in [0.717, 1.165) is 52.7 Å². The molecule has 2 aromatic carbocycles. The summed E-state index contributed by atoms with van der Waals surface area (Å²) in [6.45, 7) is 3.76. The van der Waals surface area contributed by atoms with E-state index in [0.29, 0.717) is 5.56 Å². The van der Waals surface area contributed by atoms with Crippen molar-refractivity contribution >= 4 is 55.8 Å². The van der Waals surface area contributed by atoms with Gasteiger partial charge in [0, 0.05) is 34.6 Å². The Balaban J connectivity index is 1.81. The molecule has 2 heterocycles. The number of hydrogen-bond acceptors (Lipinski definition) is 3. The summed E-state index contributed by atoms with van der Waals surface area (Å²) in [4.78, 5) is 20.3. The Morgan fingerprint density at radius 2 is 2.00 bits per heavy atom. The molecule has 1 radical (unpaired) electrons. The molecule has 4 rings (SSSR count). The summed E-state index contributed by atoms with van der Waals surface area (Å²) in [5, 5.41) is 3.46. The zero-order valence-corrected chi connectivity index (χ0v) is 18.2. The van der Waals surface area contributed by atoms with E-state index in [-0.39, 0.29) is 16.6 Å². The van der Waals surface area contributed by atoms with Crippen molar-refractivity contribution < 1.29 is 9.18 Å². The fraction of sp³-hybridized carbons (Fsp3) is 0.273. The number of amides is 1. The van der Waals surface area contributed by atoms with E-state index in [1.807, 2.05) is 25.1 Å². The second-order valence-electron chi connectivity index (χ2n) is 7.13. The van der Waals surface area contributed by atoms with Gasteiger partial charge in [-0.15, -0.1) is 0 Å². The van der Waals surface area contributed by atoms with E-state index in [9.17, 15) is 9.18 Å². The molecular weight excluding hydrogens is 457 g/mol. The first-order chi connectivity index (χ1) is 13.9. The fourth-order valence-electron chi connectivity index (χ4n) is 3.73. The zero-order valence-electron chi connectivity index (χ0n) is 15.9. The van der Waals surface area contributed by atoms with E-state index in [4.69, 9.17) is 16.6 Å². The van der Waals surface area contributed by atoms with Crippen LogP contribution in [-0.4, -0.2) is 24.0 Å². The molecule has 0 saturated carbocycles. The third-order valence-electron chi connectivity index (χ3n) is 5.15. The predicted octanol–water partition coefficient (Wildman–Crippen LogP) is 6.14. The maximum atomic E-state index is 13.8. The van der Waals surface area contributed by atoms with Crippen molar-refractivity contribution in [2.75, 3.05) is 23.3 Å². The van der Waals surface area contributed by atoms with Crippen molar-refractivity contribution in [1.82, 2.24) is 4.98 Å². The Labute approximate surface area is 182 Å². The molecule has 1 aromatic heterocycles. The van der Waals surface area contributed by atoms with Gasteiger partial charge in [0.25, 0.3) is 5.91 Å². The molecule has 4 nitrogen and oxygen atoms in total. The van der Waals surface area contributed by atoms with Crippen molar-refractivity contribution in [2.24, 2.45) is 0 Å². The Bertz CT molecular complexity index is 1100. The van der Waals surface area contributed by atoms with Crippen molar-refractivity contribution in [3.8, 4) is 0 Å². The van der Waals surface area contributed by atoms with Gasteiger partial charge in [-0.2, -0.15) is 0 Å². The number of rotatable bonds is 3. The van der Waals surface area contributed by atoms with E-state index in [1.54, 1.807) is 0 Å². The van der Waals surface area contributed by atoms with Crippen LogP contribution in [0.15, 0.2) is 34.8 Å². The van der Waals surface area contributed by atoms with Gasteiger partial charge in [0.1, 0.15) is 5.82 Å². The second-order valence-corrected chi connectivity index (χ2v) is 8.46. The summed E-state index contributed by atoms with van der Waals surface area (Å²) in [6, 6.07) is 11.1. The second kappa shape index (κ2) is 8.28. The molecule has 0 bridgehead atoms. The van der Waals surface area contributed by atoms with Gasteiger partial charge in [-0.1, -0.05) is 27.5 Å². The smallest absolute Gasteiger partial charge is 0.256 e. The minimum atomic E-state index is -0.697. The van der Waals surface area contributed by atoms with Gasteiger partial charge in [0.15, 0.2) is 5.82 Å². The fourth-order valence-corrected chi connectivity index (χ4v) is 4.20. The summed E-state index contributed by atoms with van der Waals surface area (Å²) in [6.07, 6.45) is 3.43. The molecule has 1 amide bonds. The Morgan fingerprint density at radius 1 is 1.24 bits per heavy atom. The van der Waals surface area contributed by atoms with E-state index in [1.165, 1.54) is 18.6 Å². The molecule has 1 aliphatic heterocycles. The molecular formula is C22H19BrClFN3O. The van der Waals surface area contributed by atoms with Crippen molar-refractivity contribution in [3.63, 3.8) is 0 Å². The molecule has 7 heteroatoms. The van der Waals surface area contributed by atoms with Crippen LogP contribution in [-0.2, 0) is 0 Å². The minimum absolute atomic E-state index is 0.0372. The van der Waals surface area contributed by atoms with Gasteiger partial charge < -0.3 is 10.2 Å². The average molecular weight is 476 g/mol. The highest BCUT2D eigenvalue weighted by Crippen LogP contribution is 2.32. The number of nitrogens with one attached hydrogen (secondary N) is 1. The first-order valence-electron chi connectivity index (χ1n) is 9.47. The lowest BCUT2D eigenvalue weighted by molar-refractivity contribution is 0.102. The lowest BCUT2D eigenvalue weighted by Gasteiger charge is -2.30. The number of piperidine rings is 1. The monoisotopic (exact) mass is 474 g/mol. The molecule has 0 atom stereocenters. The summed E-state index contributed by atoms with van der Waals surface area (Å²) in [5.74, 6) is -0.197. The number of anilines is 2. The molecule has 1 aliphatic rings. The minimum Gasteiger partial charge on any atom is -0.356 e. The molecule has 29 heavy (non-hydrogen) atoms. The topological polar surface area (TPSA) is 45.2 Å². The highest BCUT2D eigenvalue weighted by molar-refractivity contribution is 9.10. The molecule has 0 spiro atoms. The van der Waals surface area contributed by atoms with Crippen molar-refractivity contribution in [3.05, 3.63) is 62.8 Å². The largest absolute Gasteiger partial charge is 0.356 e. The number of nitrogens with zero attached hydrogens (tertiary/aromatic N) is 2. The molecule has 1 saturated heterocycles. The number of carbonyl (C=O) groups excluding carboxylic acids is 1. The summed E-state index contributed by atoms with van der Waals surface area (Å²) in [5.41, 5.74) is 2.32. The van der Waals surface area contributed by atoms with Crippen LogP contribution in [0.5, 0.6) is 0 Å². The third-order valence-corrected chi connectivity index (χ3v) is 5.93. The maximum absolute atomic E-state index is 13.8. The van der Waals surface area contributed by atoms with Gasteiger partial charge in [0.05, 0.1) is 21.8 Å². The molecule has 1 N–H and O–H groups in total.